The SMILES string of the molecule is Cc1ccc(OCCC(=O)Nc2ccc(OCc3ccncc3)cc2)c(C)c1. The third kappa shape index (κ3) is 5.84. The zero-order valence-electron chi connectivity index (χ0n) is 16.1. The molecule has 0 saturated carbocycles. The highest BCUT2D eigenvalue weighted by molar-refractivity contribution is 5.90. The number of anilines is 1. The number of carbonyl (C=O) groups is 1. The van der Waals surface area contributed by atoms with Crippen LogP contribution in [0, 0.1) is 13.8 Å². The molecule has 1 N–H and O–H groups in total. The molecule has 1 amide bonds. The number of ether oxygens (including phenoxy) is 2. The first-order valence-electron chi connectivity index (χ1n) is 9.22. The molecule has 0 aliphatic rings. The van der Waals surface area contributed by atoms with Gasteiger partial charge < -0.3 is 14.8 Å². The topological polar surface area (TPSA) is 60.5 Å². The number of carbonyl (C=O) groups excluding carboxylic acids is 1. The number of benzene rings is 2. The van der Waals surface area contributed by atoms with Crippen LogP contribution >= 0.6 is 0 Å². The smallest absolute Gasteiger partial charge is 0.227 e. The summed E-state index contributed by atoms with van der Waals surface area (Å²) in [6.07, 6.45) is 3.76. The van der Waals surface area contributed by atoms with Gasteiger partial charge in [0, 0.05) is 18.1 Å². The zero-order chi connectivity index (χ0) is 19.8. The van der Waals surface area contributed by atoms with Gasteiger partial charge in [0.25, 0.3) is 0 Å². The second kappa shape index (κ2) is 9.55. The molecule has 0 fully saturated rings. The van der Waals surface area contributed by atoms with Crippen molar-refractivity contribution in [1.82, 2.24) is 4.98 Å². The second-order valence-corrected chi connectivity index (χ2v) is 6.58. The highest BCUT2D eigenvalue weighted by Crippen LogP contribution is 2.19. The lowest BCUT2D eigenvalue weighted by Gasteiger charge is -2.10. The van der Waals surface area contributed by atoms with Gasteiger partial charge in [-0.3, -0.25) is 9.78 Å². The van der Waals surface area contributed by atoms with E-state index in [1.807, 2.05) is 62.4 Å². The van der Waals surface area contributed by atoms with Crippen LogP contribution in [0.1, 0.15) is 23.1 Å². The Labute approximate surface area is 165 Å². The summed E-state index contributed by atoms with van der Waals surface area (Å²) in [7, 11) is 0. The fourth-order valence-corrected chi connectivity index (χ4v) is 2.72. The zero-order valence-corrected chi connectivity index (χ0v) is 16.1. The fourth-order valence-electron chi connectivity index (χ4n) is 2.72. The normalized spacial score (nSPS) is 10.4. The molecule has 1 aromatic heterocycles. The van der Waals surface area contributed by atoms with Crippen LogP contribution in [0.25, 0.3) is 0 Å². The van der Waals surface area contributed by atoms with Crippen molar-refractivity contribution in [2.75, 3.05) is 11.9 Å². The van der Waals surface area contributed by atoms with E-state index in [0.717, 1.165) is 28.3 Å². The second-order valence-electron chi connectivity index (χ2n) is 6.58. The van der Waals surface area contributed by atoms with Crippen molar-refractivity contribution in [3.8, 4) is 11.5 Å². The number of rotatable bonds is 8. The molecule has 5 heteroatoms. The first kappa shape index (κ1) is 19.4. The Morgan fingerprint density at radius 3 is 2.43 bits per heavy atom. The summed E-state index contributed by atoms with van der Waals surface area (Å²) in [5, 5.41) is 2.87. The number of aromatic nitrogens is 1. The van der Waals surface area contributed by atoms with Gasteiger partial charge in [-0.15, -0.1) is 0 Å². The van der Waals surface area contributed by atoms with Crippen LogP contribution in [0.2, 0.25) is 0 Å². The Morgan fingerprint density at radius 1 is 0.964 bits per heavy atom. The number of nitrogens with zero attached hydrogens (tertiary/aromatic N) is 1. The molecule has 2 aromatic carbocycles. The molecule has 0 radical (unpaired) electrons. The molecule has 5 nitrogen and oxygen atoms in total. The van der Waals surface area contributed by atoms with Crippen molar-refractivity contribution >= 4 is 11.6 Å². The predicted octanol–water partition coefficient (Wildman–Crippen LogP) is 4.69. The molecule has 3 rings (SSSR count). The lowest BCUT2D eigenvalue weighted by molar-refractivity contribution is -0.116. The van der Waals surface area contributed by atoms with E-state index in [-0.39, 0.29) is 12.3 Å². The number of pyridine rings is 1. The summed E-state index contributed by atoms with van der Waals surface area (Å²) in [4.78, 5) is 16.1. The Hall–Kier alpha value is -3.34. The van der Waals surface area contributed by atoms with Gasteiger partial charge in [0.05, 0.1) is 13.0 Å². The van der Waals surface area contributed by atoms with E-state index in [1.165, 1.54) is 5.56 Å². The molecule has 3 aromatic rings. The summed E-state index contributed by atoms with van der Waals surface area (Å²) in [5.41, 5.74) is 4.04. The summed E-state index contributed by atoms with van der Waals surface area (Å²) in [6.45, 7) is 4.85. The largest absolute Gasteiger partial charge is 0.493 e. The maximum atomic E-state index is 12.1. The Bertz CT molecular complexity index is 909. The van der Waals surface area contributed by atoms with Crippen molar-refractivity contribution in [2.24, 2.45) is 0 Å². The lowest BCUT2D eigenvalue weighted by Crippen LogP contribution is -2.15. The van der Waals surface area contributed by atoms with Crippen LogP contribution in [0.5, 0.6) is 11.5 Å². The van der Waals surface area contributed by atoms with E-state index < -0.39 is 0 Å². The molecular formula is C23H24N2O3. The van der Waals surface area contributed by atoms with Gasteiger partial charge in [0.2, 0.25) is 5.91 Å². The van der Waals surface area contributed by atoms with Gasteiger partial charge in [-0.25, -0.2) is 0 Å². The van der Waals surface area contributed by atoms with E-state index >= 15 is 0 Å². The fraction of sp³-hybridized carbons (Fsp3) is 0.217. The predicted molar refractivity (Wildman–Crippen MR) is 110 cm³/mol. The van der Waals surface area contributed by atoms with E-state index in [1.54, 1.807) is 12.4 Å². The van der Waals surface area contributed by atoms with Crippen LogP contribution in [-0.4, -0.2) is 17.5 Å². The molecule has 28 heavy (non-hydrogen) atoms. The third-order valence-corrected chi connectivity index (χ3v) is 4.21. The molecule has 0 atom stereocenters. The van der Waals surface area contributed by atoms with E-state index in [2.05, 4.69) is 16.4 Å². The molecular weight excluding hydrogens is 352 g/mol. The van der Waals surface area contributed by atoms with Gasteiger partial charge >= 0.3 is 0 Å². The number of amides is 1. The van der Waals surface area contributed by atoms with Crippen molar-refractivity contribution in [3.63, 3.8) is 0 Å². The maximum Gasteiger partial charge on any atom is 0.227 e. The lowest BCUT2D eigenvalue weighted by atomic mass is 10.1. The quantitative estimate of drug-likeness (QED) is 0.620. The molecule has 0 aliphatic carbocycles. The van der Waals surface area contributed by atoms with Crippen LogP contribution < -0.4 is 14.8 Å². The summed E-state index contributed by atoms with van der Waals surface area (Å²) >= 11 is 0. The number of hydrogen-bond donors (Lipinski definition) is 1. The molecule has 0 bridgehead atoms. The van der Waals surface area contributed by atoms with Crippen molar-refractivity contribution in [3.05, 3.63) is 83.7 Å². The van der Waals surface area contributed by atoms with Gasteiger partial charge in [-0.2, -0.15) is 0 Å². The molecule has 0 spiro atoms. The van der Waals surface area contributed by atoms with Crippen molar-refractivity contribution in [1.29, 1.82) is 0 Å². The van der Waals surface area contributed by atoms with Crippen molar-refractivity contribution < 1.29 is 14.3 Å². The maximum absolute atomic E-state index is 12.1. The number of aryl methyl sites for hydroxylation is 2. The molecule has 1 heterocycles. The minimum atomic E-state index is -0.0878. The van der Waals surface area contributed by atoms with Crippen LogP contribution in [0.3, 0.4) is 0 Å². The Morgan fingerprint density at radius 2 is 1.71 bits per heavy atom. The Balaban J connectivity index is 1.42. The first-order valence-corrected chi connectivity index (χ1v) is 9.22. The molecule has 0 unspecified atom stereocenters. The minimum Gasteiger partial charge on any atom is -0.493 e. The average molecular weight is 376 g/mol. The van der Waals surface area contributed by atoms with Gasteiger partial charge in [-0.1, -0.05) is 17.7 Å². The molecule has 144 valence electrons. The first-order chi connectivity index (χ1) is 13.6. The van der Waals surface area contributed by atoms with Crippen LogP contribution in [0.15, 0.2) is 67.0 Å². The highest BCUT2D eigenvalue weighted by Gasteiger charge is 2.05. The van der Waals surface area contributed by atoms with Crippen LogP contribution in [-0.2, 0) is 11.4 Å². The van der Waals surface area contributed by atoms with Gasteiger partial charge in [0.1, 0.15) is 18.1 Å². The minimum absolute atomic E-state index is 0.0878. The highest BCUT2D eigenvalue weighted by atomic mass is 16.5. The summed E-state index contributed by atoms with van der Waals surface area (Å²) in [6, 6.07) is 17.1. The number of nitrogens with one attached hydrogen (secondary N) is 1. The van der Waals surface area contributed by atoms with E-state index in [0.29, 0.717) is 13.2 Å². The average Bonchev–Trinajstić information content (AvgIpc) is 2.70. The number of hydrogen-bond acceptors (Lipinski definition) is 4. The summed E-state index contributed by atoms with van der Waals surface area (Å²) < 4.78 is 11.4. The monoisotopic (exact) mass is 376 g/mol. The van der Waals surface area contributed by atoms with Crippen molar-refractivity contribution in [2.45, 2.75) is 26.9 Å². The third-order valence-electron chi connectivity index (χ3n) is 4.21. The Kier molecular flexibility index (Phi) is 6.63. The van der Waals surface area contributed by atoms with E-state index in [9.17, 15) is 4.79 Å². The van der Waals surface area contributed by atoms with Gasteiger partial charge in [0.15, 0.2) is 0 Å². The molecule has 0 aliphatic heterocycles. The summed E-state index contributed by atoms with van der Waals surface area (Å²) in [5.74, 6) is 1.47. The molecule has 0 saturated heterocycles. The van der Waals surface area contributed by atoms with Crippen LogP contribution in [0.4, 0.5) is 5.69 Å². The standard InChI is InChI=1S/C23H24N2O3/c1-17-3-8-22(18(2)15-17)27-14-11-23(26)25-20-4-6-21(7-5-20)28-16-19-9-12-24-13-10-19/h3-10,12-13,15H,11,14,16H2,1-2H3,(H,25,26). The van der Waals surface area contributed by atoms with E-state index in [4.69, 9.17) is 9.47 Å². The van der Waals surface area contributed by atoms with Gasteiger partial charge in [-0.05, 0) is 67.4 Å².